The minimum Gasteiger partial charge on any atom is -0.504 e. The van der Waals surface area contributed by atoms with E-state index in [0.29, 0.717) is 12.0 Å². The number of ether oxygens (including phenoxy) is 1. The van der Waals surface area contributed by atoms with Crippen molar-refractivity contribution in [1.29, 1.82) is 0 Å². The molecule has 6 nitrogen and oxygen atoms in total. The van der Waals surface area contributed by atoms with Crippen LogP contribution in [-0.4, -0.2) is 33.0 Å². The van der Waals surface area contributed by atoms with E-state index in [2.05, 4.69) is 0 Å². The van der Waals surface area contributed by atoms with Crippen molar-refractivity contribution >= 4 is 12.0 Å². The molecular weight excluding hydrogens is 300 g/mol. The largest absolute Gasteiger partial charge is 0.504 e. The lowest BCUT2D eigenvalue weighted by Crippen LogP contribution is -2.04. The van der Waals surface area contributed by atoms with Crippen LogP contribution in [0.3, 0.4) is 0 Å². The first kappa shape index (κ1) is 16.2. The van der Waals surface area contributed by atoms with Gasteiger partial charge in [-0.3, -0.25) is 0 Å². The van der Waals surface area contributed by atoms with Gasteiger partial charge < -0.3 is 25.2 Å². The number of hydrogen-bond acceptors (Lipinski definition) is 6. The molecule has 0 spiro atoms. The van der Waals surface area contributed by atoms with E-state index in [1.165, 1.54) is 42.5 Å². The molecule has 0 saturated heterocycles. The molecule has 0 heterocycles. The number of carbonyl (C=O) groups is 1. The zero-order valence-electron chi connectivity index (χ0n) is 12.1. The Morgan fingerprint density at radius 2 is 1.57 bits per heavy atom. The molecule has 0 atom stereocenters. The van der Waals surface area contributed by atoms with Crippen molar-refractivity contribution in [2.75, 3.05) is 6.61 Å². The van der Waals surface area contributed by atoms with Crippen LogP contribution >= 0.6 is 0 Å². The van der Waals surface area contributed by atoms with Gasteiger partial charge in [-0.05, 0) is 41.5 Å². The number of phenols is 4. The van der Waals surface area contributed by atoms with Gasteiger partial charge in [0.1, 0.15) is 0 Å². The van der Waals surface area contributed by atoms with E-state index < -0.39 is 5.97 Å². The van der Waals surface area contributed by atoms with Crippen LogP contribution in [0.25, 0.3) is 6.08 Å². The van der Waals surface area contributed by atoms with Gasteiger partial charge in [-0.25, -0.2) is 4.79 Å². The smallest absolute Gasteiger partial charge is 0.330 e. The second-order valence-corrected chi connectivity index (χ2v) is 4.82. The molecule has 0 aromatic heterocycles. The lowest BCUT2D eigenvalue weighted by molar-refractivity contribution is -0.137. The van der Waals surface area contributed by atoms with Crippen molar-refractivity contribution in [3.05, 3.63) is 53.6 Å². The summed E-state index contributed by atoms with van der Waals surface area (Å²) in [5.74, 6) is -1.48. The van der Waals surface area contributed by atoms with Gasteiger partial charge in [0.2, 0.25) is 0 Å². The molecule has 2 aromatic carbocycles. The Labute approximate surface area is 132 Å². The van der Waals surface area contributed by atoms with Gasteiger partial charge in [-0.1, -0.05) is 12.1 Å². The molecule has 0 aliphatic heterocycles. The van der Waals surface area contributed by atoms with Crippen LogP contribution in [0.4, 0.5) is 0 Å². The molecular formula is C17H16O6. The number of carbonyl (C=O) groups excluding carboxylic acids is 1. The van der Waals surface area contributed by atoms with Gasteiger partial charge in [-0.2, -0.15) is 0 Å². The fourth-order valence-electron chi connectivity index (χ4n) is 1.85. The molecule has 0 unspecified atom stereocenters. The molecule has 0 radical (unpaired) electrons. The Balaban J connectivity index is 1.83. The standard InChI is InChI=1S/C17H16O6/c18-13-4-1-11(9-15(13)20)3-6-17(22)23-8-7-12-2-5-14(19)16(21)10-12/h1-6,9-10,18-21H,7-8H2. The van der Waals surface area contributed by atoms with Gasteiger partial charge in [0, 0.05) is 12.5 Å². The summed E-state index contributed by atoms with van der Waals surface area (Å²) in [7, 11) is 0. The van der Waals surface area contributed by atoms with E-state index in [-0.39, 0.29) is 29.6 Å². The number of esters is 1. The zero-order valence-corrected chi connectivity index (χ0v) is 12.1. The van der Waals surface area contributed by atoms with Crippen molar-refractivity contribution in [1.82, 2.24) is 0 Å². The average molecular weight is 316 g/mol. The number of rotatable bonds is 5. The molecule has 4 N–H and O–H groups in total. The highest BCUT2D eigenvalue weighted by molar-refractivity contribution is 5.87. The van der Waals surface area contributed by atoms with E-state index in [4.69, 9.17) is 4.74 Å². The first-order valence-electron chi connectivity index (χ1n) is 6.83. The first-order valence-corrected chi connectivity index (χ1v) is 6.83. The number of phenolic OH excluding ortho intramolecular Hbond substituents is 4. The van der Waals surface area contributed by atoms with Crippen LogP contribution in [0.5, 0.6) is 23.0 Å². The van der Waals surface area contributed by atoms with E-state index in [1.54, 1.807) is 6.07 Å². The fourth-order valence-corrected chi connectivity index (χ4v) is 1.85. The number of aromatic hydroxyl groups is 4. The number of benzene rings is 2. The van der Waals surface area contributed by atoms with Crippen molar-refractivity contribution in [2.45, 2.75) is 6.42 Å². The highest BCUT2D eigenvalue weighted by atomic mass is 16.5. The summed E-state index contributed by atoms with van der Waals surface area (Å²) in [6, 6.07) is 8.56. The third-order valence-corrected chi connectivity index (χ3v) is 3.09. The summed E-state index contributed by atoms with van der Waals surface area (Å²) in [6.07, 6.45) is 3.06. The Morgan fingerprint density at radius 3 is 2.22 bits per heavy atom. The van der Waals surface area contributed by atoms with Crippen LogP contribution in [0.15, 0.2) is 42.5 Å². The molecule has 0 fully saturated rings. The SMILES string of the molecule is O=C(C=Cc1ccc(O)c(O)c1)OCCc1ccc(O)c(O)c1. The molecule has 0 saturated carbocycles. The maximum Gasteiger partial charge on any atom is 0.330 e. The highest BCUT2D eigenvalue weighted by Gasteiger charge is 2.03. The summed E-state index contributed by atoms with van der Waals surface area (Å²) in [6.45, 7) is 0.119. The van der Waals surface area contributed by atoms with Crippen molar-refractivity contribution in [3.63, 3.8) is 0 Å². The highest BCUT2D eigenvalue weighted by Crippen LogP contribution is 2.26. The lowest BCUT2D eigenvalue weighted by atomic mass is 10.1. The molecule has 120 valence electrons. The first-order chi connectivity index (χ1) is 11.0. The van der Waals surface area contributed by atoms with Gasteiger partial charge >= 0.3 is 5.97 Å². The van der Waals surface area contributed by atoms with Gasteiger partial charge in [0.05, 0.1) is 6.61 Å². The van der Waals surface area contributed by atoms with Crippen LogP contribution in [-0.2, 0) is 16.0 Å². The van der Waals surface area contributed by atoms with Crippen molar-refractivity contribution in [2.24, 2.45) is 0 Å². The normalized spacial score (nSPS) is 10.8. The summed E-state index contributed by atoms with van der Waals surface area (Å²) >= 11 is 0. The quantitative estimate of drug-likeness (QED) is 0.383. The van der Waals surface area contributed by atoms with Gasteiger partial charge in [0.25, 0.3) is 0 Å². The Morgan fingerprint density at radius 1 is 0.913 bits per heavy atom. The third-order valence-electron chi connectivity index (χ3n) is 3.09. The van der Waals surface area contributed by atoms with Crippen molar-refractivity contribution in [3.8, 4) is 23.0 Å². The van der Waals surface area contributed by atoms with Crippen LogP contribution < -0.4 is 0 Å². The fraction of sp³-hybridized carbons (Fsp3) is 0.118. The molecule has 0 aliphatic rings. The maximum atomic E-state index is 11.6. The van der Waals surface area contributed by atoms with Crippen LogP contribution in [0.1, 0.15) is 11.1 Å². The Bertz CT molecular complexity index is 736. The van der Waals surface area contributed by atoms with E-state index in [1.807, 2.05) is 0 Å². The monoisotopic (exact) mass is 316 g/mol. The topological polar surface area (TPSA) is 107 Å². The summed E-state index contributed by atoms with van der Waals surface area (Å²) < 4.78 is 5.01. The Hall–Kier alpha value is -3.15. The summed E-state index contributed by atoms with van der Waals surface area (Å²) in [5, 5.41) is 37.1. The second-order valence-electron chi connectivity index (χ2n) is 4.82. The Kier molecular flexibility index (Phi) is 5.09. The molecule has 0 bridgehead atoms. The average Bonchev–Trinajstić information content (AvgIpc) is 2.52. The van der Waals surface area contributed by atoms with Crippen LogP contribution in [0.2, 0.25) is 0 Å². The predicted molar refractivity (Wildman–Crippen MR) is 83.2 cm³/mol. The maximum absolute atomic E-state index is 11.6. The summed E-state index contributed by atoms with van der Waals surface area (Å²) in [5.41, 5.74) is 1.27. The van der Waals surface area contributed by atoms with E-state index >= 15 is 0 Å². The second kappa shape index (κ2) is 7.22. The molecule has 2 rings (SSSR count). The third kappa shape index (κ3) is 4.67. The lowest BCUT2D eigenvalue weighted by Gasteiger charge is -2.04. The van der Waals surface area contributed by atoms with Gasteiger partial charge in [0.15, 0.2) is 23.0 Å². The zero-order chi connectivity index (χ0) is 16.8. The minimum absolute atomic E-state index is 0.119. The van der Waals surface area contributed by atoms with Gasteiger partial charge in [-0.15, -0.1) is 0 Å². The molecule has 0 amide bonds. The molecule has 0 aliphatic carbocycles. The molecule has 2 aromatic rings. The van der Waals surface area contributed by atoms with E-state index in [0.717, 1.165) is 5.56 Å². The van der Waals surface area contributed by atoms with Crippen molar-refractivity contribution < 1.29 is 30.0 Å². The molecule has 6 heteroatoms. The minimum atomic E-state index is -0.555. The number of hydrogen-bond donors (Lipinski definition) is 4. The predicted octanol–water partition coefficient (Wildman–Crippen LogP) is 2.31. The van der Waals surface area contributed by atoms with E-state index in [9.17, 15) is 25.2 Å². The summed E-state index contributed by atoms with van der Waals surface area (Å²) in [4.78, 5) is 11.6. The molecule has 23 heavy (non-hydrogen) atoms. The van der Waals surface area contributed by atoms with Crippen LogP contribution in [0, 0.1) is 0 Å².